The highest BCUT2D eigenvalue weighted by Gasteiger charge is 2.47. The number of hydrogen-bond acceptors (Lipinski definition) is 1. The first kappa shape index (κ1) is 15.3. The van der Waals surface area contributed by atoms with Gasteiger partial charge in [-0.15, -0.1) is 0 Å². The van der Waals surface area contributed by atoms with Crippen molar-refractivity contribution in [1.29, 1.82) is 0 Å². The lowest BCUT2D eigenvalue weighted by molar-refractivity contribution is 0.341. The molecule has 1 heteroatoms. The number of nitrogens with one attached hydrogen (secondary N) is 1. The van der Waals surface area contributed by atoms with E-state index >= 15 is 0 Å². The van der Waals surface area contributed by atoms with Gasteiger partial charge in [0, 0.05) is 11.3 Å². The molecule has 0 saturated heterocycles. The smallest absolute Gasteiger partial charge is 0.0209 e. The minimum atomic E-state index is 0. The average molecular weight is 293 g/mol. The molecule has 0 aromatic heterocycles. The van der Waals surface area contributed by atoms with Gasteiger partial charge in [-0.05, 0) is 61.5 Å². The van der Waals surface area contributed by atoms with E-state index in [1.807, 2.05) is 0 Å². The van der Waals surface area contributed by atoms with E-state index in [1.54, 1.807) is 22.3 Å². The predicted molar refractivity (Wildman–Crippen MR) is 94.6 cm³/mol. The molecule has 2 bridgehead atoms. The molecule has 22 heavy (non-hydrogen) atoms. The summed E-state index contributed by atoms with van der Waals surface area (Å²) in [5, 5.41) is 3.31. The van der Waals surface area contributed by atoms with E-state index in [1.165, 1.54) is 25.7 Å². The molecule has 0 heterocycles. The van der Waals surface area contributed by atoms with Crippen molar-refractivity contribution in [2.24, 2.45) is 0 Å². The van der Waals surface area contributed by atoms with Crippen LogP contribution in [0.5, 0.6) is 0 Å². The molecule has 5 rings (SSSR count). The molecule has 1 N–H and O–H groups in total. The highest BCUT2D eigenvalue weighted by molar-refractivity contribution is 5.58. The van der Waals surface area contributed by atoms with E-state index in [2.05, 4.69) is 60.9 Å². The van der Waals surface area contributed by atoms with Crippen LogP contribution in [0.15, 0.2) is 48.5 Å². The van der Waals surface area contributed by atoms with Gasteiger partial charge >= 0.3 is 0 Å². The van der Waals surface area contributed by atoms with Crippen molar-refractivity contribution in [3.8, 4) is 0 Å². The van der Waals surface area contributed by atoms with Crippen LogP contribution in [0.3, 0.4) is 0 Å². The van der Waals surface area contributed by atoms with Gasteiger partial charge in [-0.1, -0.05) is 56.0 Å². The molecule has 0 aliphatic heterocycles. The van der Waals surface area contributed by atoms with Gasteiger partial charge in [0.05, 0.1) is 0 Å². The third kappa shape index (κ3) is 2.03. The lowest BCUT2D eigenvalue weighted by Crippen LogP contribution is -2.40. The summed E-state index contributed by atoms with van der Waals surface area (Å²) in [5.41, 5.74) is 6.66. The molecular weight excluding hydrogens is 266 g/mol. The molecule has 1 nitrogen and oxygen atoms in total. The van der Waals surface area contributed by atoms with E-state index < -0.39 is 0 Å². The molecule has 0 unspecified atom stereocenters. The Balaban J connectivity index is 0.00000144. The first-order chi connectivity index (χ1) is 10.4. The normalized spacial score (nSPS) is 24.3. The van der Waals surface area contributed by atoms with Crippen LogP contribution in [-0.2, 0) is 5.41 Å². The van der Waals surface area contributed by atoms with Crippen LogP contribution >= 0.6 is 0 Å². The molecule has 2 aromatic rings. The molecule has 3 aliphatic rings. The zero-order chi connectivity index (χ0) is 14.3. The summed E-state index contributed by atoms with van der Waals surface area (Å²) < 4.78 is 0. The van der Waals surface area contributed by atoms with E-state index in [0.717, 1.165) is 6.54 Å². The quantitative estimate of drug-likeness (QED) is 0.795. The van der Waals surface area contributed by atoms with E-state index in [4.69, 9.17) is 0 Å². The summed E-state index contributed by atoms with van der Waals surface area (Å²) in [7, 11) is 2.05. The molecule has 0 spiro atoms. The van der Waals surface area contributed by atoms with Crippen LogP contribution in [0.1, 0.15) is 61.3 Å². The maximum absolute atomic E-state index is 3.31. The predicted octanol–water partition coefficient (Wildman–Crippen LogP) is 4.85. The van der Waals surface area contributed by atoms with Crippen LogP contribution < -0.4 is 5.32 Å². The van der Waals surface area contributed by atoms with E-state index in [-0.39, 0.29) is 12.8 Å². The topological polar surface area (TPSA) is 12.0 Å². The van der Waals surface area contributed by atoms with Crippen LogP contribution in [0.25, 0.3) is 0 Å². The molecule has 2 aromatic carbocycles. The van der Waals surface area contributed by atoms with Gasteiger partial charge < -0.3 is 5.32 Å². The van der Waals surface area contributed by atoms with Crippen LogP contribution in [-0.4, -0.2) is 13.6 Å². The highest BCUT2D eigenvalue weighted by atomic mass is 14.8. The van der Waals surface area contributed by atoms with Gasteiger partial charge in [-0.25, -0.2) is 0 Å². The lowest BCUT2D eigenvalue weighted by Gasteiger charge is -2.50. The maximum atomic E-state index is 3.31. The maximum Gasteiger partial charge on any atom is 0.0209 e. The van der Waals surface area contributed by atoms with E-state index in [9.17, 15) is 0 Å². The monoisotopic (exact) mass is 293 g/mol. The number of rotatable bonds is 4. The molecule has 0 atom stereocenters. The second-order valence-corrected chi connectivity index (χ2v) is 6.55. The van der Waals surface area contributed by atoms with Gasteiger partial charge in [0.1, 0.15) is 0 Å². The Labute approximate surface area is 134 Å². The van der Waals surface area contributed by atoms with Crippen molar-refractivity contribution in [3.63, 3.8) is 0 Å². The number of fused-ring (bicyclic) bond motifs is 1. The fourth-order valence-electron chi connectivity index (χ4n) is 4.72. The fraction of sp³-hybridized carbons (Fsp3) is 0.429. The van der Waals surface area contributed by atoms with Gasteiger partial charge in [0.25, 0.3) is 0 Å². The Morgan fingerprint density at radius 1 is 1.00 bits per heavy atom. The van der Waals surface area contributed by atoms with Crippen molar-refractivity contribution in [2.75, 3.05) is 13.6 Å². The van der Waals surface area contributed by atoms with Gasteiger partial charge in [0.2, 0.25) is 0 Å². The van der Waals surface area contributed by atoms with Crippen molar-refractivity contribution < 1.29 is 0 Å². The summed E-state index contributed by atoms with van der Waals surface area (Å²) >= 11 is 0. The first-order valence-corrected chi connectivity index (χ1v) is 8.20. The van der Waals surface area contributed by atoms with Gasteiger partial charge in [-0.3, -0.25) is 0 Å². The summed E-state index contributed by atoms with van der Waals surface area (Å²) in [6, 6.07) is 18.4. The van der Waals surface area contributed by atoms with Gasteiger partial charge in [-0.2, -0.15) is 0 Å². The molecule has 0 fully saturated rings. The van der Waals surface area contributed by atoms with Crippen molar-refractivity contribution in [2.45, 2.75) is 44.4 Å². The van der Waals surface area contributed by atoms with Gasteiger partial charge in [0.15, 0.2) is 0 Å². The number of benzene rings is 2. The number of hydrogen-bond donors (Lipinski definition) is 1. The highest BCUT2D eigenvalue weighted by Crippen LogP contribution is 2.57. The first-order valence-electron chi connectivity index (χ1n) is 8.20. The van der Waals surface area contributed by atoms with Crippen molar-refractivity contribution >= 4 is 0 Å². The minimum Gasteiger partial charge on any atom is -0.320 e. The average Bonchev–Trinajstić information content (AvgIpc) is 2.56. The summed E-state index contributed by atoms with van der Waals surface area (Å²) in [6.07, 6.45) is 5.13. The Hall–Kier alpha value is -1.60. The van der Waals surface area contributed by atoms with Crippen LogP contribution in [0.2, 0.25) is 0 Å². The molecule has 0 amide bonds. The zero-order valence-corrected chi connectivity index (χ0v) is 12.7. The Morgan fingerprint density at radius 2 is 1.59 bits per heavy atom. The third-order valence-corrected chi connectivity index (χ3v) is 5.59. The Kier molecular flexibility index (Phi) is 4.10. The van der Waals surface area contributed by atoms with E-state index in [0.29, 0.717) is 5.92 Å². The second kappa shape index (κ2) is 5.89. The van der Waals surface area contributed by atoms with Crippen LogP contribution in [0, 0.1) is 0 Å². The SMILES string of the molecule is C.CNCCCC12CCC(c3ccccc31)c1ccccc12. The fourth-order valence-corrected chi connectivity index (χ4v) is 4.72. The Morgan fingerprint density at radius 3 is 2.18 bits per heavy atom. The Bertz CT molecular complexity index is 611. The molecule has 116 valence electrons. The van der Waals surface area contributed by atoms with Crippen molar-refractivity contribution in [1.82, 2.24) is 5.32 Å². The third-order valence-electron chi connectivity index (χ3n) is 5.59. The van der Waals surface area contributed by atoms with Crippen LogP contribution in [0.4, 0.5) is 0 Å². The second-order valence-electron chi connectivity index (χ2n) is 6.55. The van der Waals surface area contributed by atoms with Crippen molar-refractivity contribution in [3.05, 3.63) is 70.8 Å². The summed E-state index contributed by atoms with van der Waals surface area (Å²) in [4.78, 5) is 0. The lowest BCUT2D eigenvalue weighted by atomic mass is 9.54. The standard InChI is InChI=1S/C20H23N.CH4/c1-21-14-6-12-20-13-11-15(16-7-2-4-9-18(16)20)17-8-3-5-10-19(17)20;/h2-5,7-10,15,21H,6,11-14H2,1H3;1H4. The zero-order valence-electron chi connectivity index (χ0n) is 12.7. The molecule has 0 radical (unpaired) electrons. The minimum absolute atomic E-state index is 0. The molecule has 0 saturated carbocycles. The summed E-state index contributed by atoms with van der Waals surface area (Å²) in [6.45, 7) is 1.11. The molecule has 3 aliphatic carbocycles. The summed E-state index contributed by atoms with van der Waals surface area (Å²) in [5.74, 6) is 0.628. The molecular formula is C21H27N. The largest absolute Gasteiger partial charge is 0.320 e.